The molecule has 0 amide bonds. The molecule has 0 bridgehead atoms. The van der Waals surface area contributed by atoms with Crippen LogP contribution in [0, 0.1) is 6.42 Å². The monoisotopic (exact) mass is 93.0 g/mol. The molecule has 0 aliphatic heterocycles. The lowest BCUT2D eigenvalue weighted by atomic mass is 10.5. The van der Waals surface area contributed by atoms with Crippen LogP contribution in [0.1, 0.15) is 0 Å². The third kappa shape index (κ3) is 4.25. The van der Waals surface area contributed by atoms with Crippen molar-refractivity contribution < 1.29 is 5.11 Å². The average Bonchev–Trinajstić information content (AvgIpc) is 1.41. The van der Waals surface area contributed by atoms with E-state index in [2.05, 4.69) is 0 Å². The number of hydrogen-bond acceptors (Lipinski definition) is 1. The topological polar surface area (TPSA) is 20.2 Å². The van der Waals surface area contributed by atoms with Crippen molar-refractivity contribution >= 4 is 11.6 Å². The van der Waals surface area contributed by atoms with Gasteiger partial charge in [0, 0.05) is 18.9 Å². The molecule has 1 radical (unpaired) electrons. The molecule has 0 aliphatic carbocycles. The molecule has 0 saturated heterocycles. The zero-order valence-electron chi connectivity index (χ0n) is 2.82. The van der Waals surface area contributed by atoms with Gasteiger partial charge in [-0.1, -0.05) is 0 Å². The van der Waals surface area contributed by atoms with Gasteiger partial charge in [0.1, 0.15) is 0 Å². The Morgan fingerprint density at radius 2 is 2.40 bits per heavy atom. The average molecular weight is 93.5 g/mol. The van der Waals surface area contributed by atoms with Gasteiger partial charge in [0.15, 0.2) is 0 Å². The normalized spacial score (nSPS) is 8.40. The third-order valence-corrected chi connectivity index (χ3v) is 0.456. The summed E-state index contributed by atoms with van der Waals surface area (Å²) in [5, 5.41) is 7.93. The van der Waals surface area contributed by atoms with Crippen LogP contribution in [0.5, 0.6) is 0 Å². The summed E-state index contributed by atoms with van der Waals surface area (Å²) in [7, 11) is 0. The molecule has 0 unspecified atom stereocenters. The Balaban J connectivity index is 2.19. The molecule has 0 saturated carbocycles. The molecule has 0 spiro atoms. The van der Waals surface area contributed by atoms with Crippen LogP contribution in [-0.4, -0.2) is 17.6 Å². The van der Waals surface area contributed by atoms with Gasteiger partial charge >= 0.3 is 0 Å². The predicted octanol–water partition coefficient (Wildman–Crippen LogP) is 0.422. The van der Waals surface area contributed by atoms with Gasteiger partial charge in [-0.15, -0.1) is 11.6 Å². The lowest BCUT2D eigenvalue weighted by Crippen LogP contribution is -1.81. The molecule has 0 atom stereocenters. The highest BCUT2D eigenvalue weighted by atomic mass is 35.5. The van der Waals surface area contributed by atoms with Crippen LogP contribution in [0.2, 0.25) is 0 Å². The van der Waals surface area contributed by atoms with Crippen LogP contribution in [0.4, 0.5) is 0 Å². The van der Waals surface area contributed by atoms with E-state index in [1.54, 1.807) is 6.42 Å². The van der Waals surface area contributed by atoms with Crippen molar-refractivity contribution in [2.24, 2.45) is 0 Å². The Kier molecular flexibility index (Phi) is 4.46. The second-order valence-electron chi connectivity index (χ2n) is 0.626. The molecule has 1 nitrogen and oxygen atoms in total. The summed E-state index contributed by atoms with van der Waals surface area (Å²) in [6.07, 6.45) is 1.57. The fourth-order valence-corrected chi connectivity index (χ4v) is 0.146. The highest BCUT2D eigenvalue weighted by Crippen LogP contribution is 1.75. The molecule has 0 heterocycles. The third-order valence-electron chi connectivity index (χ3n) is 0.238. The van der Waals surface area contributed by atoms with Gasteiger partial charge in [0.05, 0.1) is 0 Å². The first-order chi connectivity index (χ1) is 2.41. The quantitative estimate of drug-likeness (QED) is 0.491. The van der Waals surface area contributed by atoms with Crippen molar-refractivity contribution in [2.75, 3.05) is 12.5 Å². The van der Waals surface area contributed by atoms with E-state index in [1.165, 1.54) is 0 Å². The summed E-state index contributed by atoms with van der Waals surface area (Å²) in [5.41, 5.74) is 0. The zero-order chi connectivity index (χ0) is 4.12. The van der Waals surface area contributed by atoms with Gasteiger partial charge in [0.2, 0.25) is 0 Å². The molecule has 0 aromatic heterocycles. The highest BCUT2D eigenvalue weighted by Gasteiger charge is 1.72. The van der Waals surface area contributed by atoms with Crippen molar-refractivity contribution in [3.05, 3.63) is 6.42 Å². The maximum atomic E-state index is 7.93. The molecule has 0 rings (SSSR count). The van der Waals surface area contributed by atoms with Gasteiger partial charge in [0.25, 0.3) is 0 Å². The van der Waals surface area contributed by atoms with E-state index >= 15 is 0 Å². The van der Waals surface area contributed by atoms with E-state index in [1.807, 2.05) is 0 Å². The van der Waals surface area contributed by atoms with Crippen LogP contribution in [0.15, 0.2) is 0 Å². The molecule has 1 N–H and O–H groups in total. The highest BCUT2D eigenvalue weighted by molar-refractivity contribution is 6.18. The van der Waals surface area contributed by atoms with E-state index in [9.17, 15) is 0 Å². The predicted molar refractivity (Wildman–Crippen MR) is 22.1 cm³/mol. The van der Waals surface area contributed by atoms with Crippen molar-refractivity contribution in [1.82, 2.24) is 0 Å². The summed E-state index contributed by atoms with van der Waals surface area (Å²) in [6, 6.07) is 0. The molecule has 0 aliphatic rings. The second kappa shape index (κ2) is 4.25. The fraction of sp³-hybridized carbons (Fsp3) is 0.667. The van der Waals surface area contributed by atoms with Gasteiger partial charge < -0.3 is 5.11 Å². The van der Waals surface area contributed by atoms with Crippen LogP contribution in [-0.2, 0) is 0 Å². The van der Waals surface area contributed by atoms with Crippen molar-refractivity contribution in [3.8, 4) is 0 Å². The molecule has 0 fully saturated rings. The molecule has 31 valence electrons. The summed E-state index contributed by atoms with van der Waals surface area (Å²) in [5.74, 6) is 0.441. The van der Waals surface area contributed by atoms with Crippen molar-refractivity contribution in [3.63, 3.8) is 0 Å². The molecular weight excluding hydrogens is 87.5 g/mol. The van der Waals surface area contributed by atoms with Crippen molar-refractivity contribution in [2.45, 2.75) is 0 Å². The maximum absolute atomic E-state index is 7.93. The number of rotatable bonds is 2. The van der Waals surface area contributed by atoms with Gasteiger partial charge in [-0.25, -0.2) is 0 Å². The van der Waals surface area contributed by atoms with Gasteiger partial charge in [-0.05, 0) is 0 Å². The zero-order valence-corrected chi connectivity index (χ0v) is 3.57. The summed E-state index contributed by atoms with van der Waals surface area (Å²) < 4.78 is 0. The number of hydrogen-bond donors (Lipinski definition) is 1. The first kappa shape index (κ1) is 5.25. The van der Waals surface area contributed by atoms with Crippen LogP contribution >= 0.6 is 11.6 Å². The lowest BCUT2D eigenvalue weighted by Gasteiger charge is -1.77. The summed E-state index contributed by atoms with van der Waals surface area (Å²) in [6.45, 7) is 0.0868. The second-order valence-corrected chi connectivity index (χ2v) is 0.934. The Labute approximate surface area is 36.6 Å². The summed E-state index contributed by atoms with van der Waals surface area (Å²) in [4.78, 5) is 0. The van der Waals surface area contributed by atoms with Crippen LogP contribution in [0.25, 0.3) is 0 Å². The number of alkyl halides is 1. The molecule has 0 aromatic rings. The summed E-state index contributed by atoms with van der Waals surface area (Å²) >= 11 is 5.09. The first-order valence-corrected chi connectivity index (χ1v) is 1.93. The van der Waals surface area contributed by atoms with E-state index in [4.69, 9.17) is 16.7 Å². The molecule has 5 heavy (non-hydrogen) atoms. The minimum absolute atomic E-state index is 0.0868. The number of halogens is 1. The smallest absolute Gasteiger partial charge is 0.0474 e. The van der Waals surface area contributed by atoms with E-state index < -0.39 is 0 Å². The lowest BCUT2D eigenvalue weighted by molar-refractivity contribution is 0.329. The largest absolute Gasteiger partial charge is 0.396 e. The van der Waals surface area contributed by atoms with E-state index in [0.29, 0.717) is 5.88 Å². The Morgan fingerprint density at radius 1 is 1.80 bits per heavy atom. The minimum atomic E-state index is 0.0868. The number of aliphatic hydroxyl groups excluding tert-OH is 1. The molecule has 2 heteroatoms. The molecule has 0 aromatic carbocycles. The van der Waals surface area contributed by atoms with E-state index in [-0.39, 0.29) is 6.61 Å². The Bertz CT molecular complexity index is 14.4. The van der Waals surface area contributed by atoms with E-state index in [0.717, 1.165) is 0 Å². The van der Waals surface area contributed by atoms with Crippen molar-refractivity contribution in [1.29, 1.82) is 0 Å². The standard InChI is InChI=1S/C3H6ClO/c4-2-1-3-5/h1,5H,2-3H2. The minimum Gasteiger partial charge on any atom is -0.396 e. The van der Waals surface area contributed by atoms with Gasteiger partial charge in [-0.3, -0.25) is 0 Å². The van der Waals surface area contributed by atoms with Gasteiger partial charge in [-0.2, -0.15) is 0 Å². The molecular formula is C3H6ClO. The number of aliphatic hydroxyl groups is 1. The van der Waals surface area contributed by atoms with Crippen LogP contribution < -0.4 is 0 Å². The Morgan fingerprint density at radius 3 is 2.40 bits per heavy atom. The maximum Gasteiger partial charge on any atom is 0.0474 e. The Hall–Kier alpha value is 0.250. The SMILES string of the molecule is OC[CH]CCl. The first-order valence-electron chi connectivity index (χ1n) is 1.40. The fourth-order valence-electron chi connectivity index (χ4n) is 0.0488. The van der Waals surface area contributed by atoms with Crippen LogP contribution in [0.3, 0.4) is 0 Å².